The molecule has 27 aromatic rings. The summed E-state index contributed by atoms with van der Waals surface area (Å²) < 4.78 is 10.6. The molecule has 0 saturated heterocycles. The molecule has 15 aromatic heterocycles. The predicted molar refractivity (Wildman–Crippen MR) is 569 cm³/mol. The lowest BCUT2D eigenvalue weighted by atomic mass is 9.98. The first-order valence-corrected chi connectivity index (χ1v) is 48.0. The van der Waals surface area contributed by atoms with Gasteiger partial charge in [0.05, 0.1) is 55.9 Å². The van der Waals surface area contributed by atoms with E-state index in [0.29, 0.717) is 11.8 Å². The van der Waals surface area contributed by atoms with Crippen LogP contribution in [0.25, 0.3) is 246 Å². The zero-order valence-electron chi connectivity index (χ0n) is 73.9. The molecule has 0 aliphatic carbocycles. The van der Waals surface area contributed by atoms with E-state index in [9.17, 15) is 0 Å². The fraction of sp³-hybridized carbons (Fsp3) is 0. The normalized spacial score (nSPS) is 11.5. The van der Waals surface area contributed by atoms with E-state index < -0.39 is 0 Å². The van der Waals surface area contributed by atoms with Crippen LogP contribution in [0.2, 0.25) is 0 Å². The summed E-state index contributed by atoms with van der Waals surface area (Å²) in [6.45, 7) is 0. The monoisotopic (exact) mass is 1820 g/mol. The van der Waals surface area contributed by atoms with Crippen molar-refractivity contribution < 1.29 is 0 Å². The summed E-state index contributed by atoms with van der Waals surface area (Å²) in [4.78, 5) is 55.1. The zero-order chi connectivity index (χ0) is 91.4. The molecule has 0 unspecified atom stereocenters. The summed E-state index contributed by atoms with van der Waals surface area (Å²) in [5.41, 5.74) is 28.2. The first-order valence-electron chi connectivity index (χ1n) is 45.5. The lowest BCUT2D eigenvalue weighted by Gasteiger charge is -2.13. The van der Waals surface area contributed by atoms with Gasteiger partial charge in [-0.05, 0) is 172 Å². The fourth-order valence-electron chi connectivity index (χ4n) is 19.3. The fourth-order valence-corrected chi connectivity index (χ4v) is 23.5. The van der Waals surface area contributed by atoms with Gasteiger partial charge in [-0.2, -0.15) is 0 Å². The smallest absolute Gasteiger partial charge is 0.235 e. The van der Waals surface area contributed by atoms with Gasteiger partial charge in [0, 0.05) is 202 Å². The van der Waals surface area contributed by atoms with Crippen molar-refractivity contribution in [3.05, 3.63) is 463 Å². The van der Waals surface area contributed by atoms with E-state index >= 15 is 0 Å². The maximum absolute atomic E-state index is 5.29. The molecule has 138 heavy (non-hydrogen) atoms. The predicted octanol–water partition coefficient (Wildman–Crippen LogP) is 31.3. The molecule has 0 aliphatic heterocycles. The SMILES string of the molecule is c1ccc(-c2sc3c(ccc4c3c3ccccc3n4-c3cc(-c4ccncc4)cc(-c4ccncc4)n3)c2-c2ccccc2)cc1.c1ccc(-c2sc3c(ccc4c3c3ccccc3n4-c3cc(-c4ccncc4)nc(-c4ccncc4)n3)c2-c2ccccc2)cc1.c1ccc(-c2sc3c(ccc4c3c3ccccc3n4-c3nc(-c4ccncc4)cc(-c4ccncc4)n3)c2-c2ccccc2)cc1. The van der Waals surface area contributed by atoms with E-state index in [-0.39, 0.29) is 0 Å². The Hall–Kier alpha value is -17.9. The lowest BCUT2D eigenvalue weighted by molar-refractivity contribution is 0.995. The molecule has 0 amide bonds. The van der Waals surface area contributed by atoms with Crippen LogP contribution in [-0.4, -0.2) is 68.5 Å². The molecule has 0 aliphatic rings. The minimum atomic E-state index is 0.620. The van der Waals surface area contributed by atoms with Gasteiger partial charge in [0.1, 0.15) is 11.6 Å². The van der Waals surface area contributed by atoms with Crippen LogP contribution in [0.3, 0.4) is 0 Å². The number of nitrogens with zero attached hydrogens (tertiary/aromatic N) is 14. The van der Waals surface area contributed by atoms with Crippen LogP contribution in [0.15, 0.2) is 463 Å². The van der Waals surface area contributed by atoms with Gasteiger partial charge < -0.3 is 0 Å². The number of rotatable bonds is 15. The highest BCUT2D eigenvalue weighted by Gasteiger charge is 2.29. The second-order valence-electron chi connectivity index (χ2n) is 33.6. The number of pyridine rings is 7. The van der Waals surface area contributed by atoms with Crippen LogP contribution >= 0.6 is 34.0 Å². The standard InChI is InChI=1S/C41H26N4S.2C40H25N5S/c1-3-9-29(10-4-1)38-33-15-16-36-39(41(33)46-40(38)30-11-5-2-6-12-30)32-13-7-8-14-35(32)45(36)37-26-31(27-17-21-42-22-18-27)25-34(44-37)28-19-23-43-24-20-28;1-3-9-28(10-4-1)36-31-15-16-35-37(39(31)46-38(36)29-11-5-2-6-12-29)30-13-7-8-14-34(30)45(35)40-43-32(26-17-21-41-22-18-26)25-33(44-40)27-19-23-42-24-20-27;1-3-9-27(10-4-1)36-31-15-16-34-37(39(31)46-38(36)28-11-5-2-6-12-28)30-13-7-8-14-33(30)45(34)35-25-32(26-17-21-41-22-18-26)43-40(44-35)29-19-23-42-24-20-29/h1-26H;2*1-25H. The Morgan fingerprint density at radius 1 is 0.174 bits per heavy atom. The Kier molecular flexibility index (Phi) is 21.2. The van der Waals surface area contributed by atoms with E-state index in [4.69, 9.17) is 24.9 Å². The van der Waals surface area contributed by atoms with Gasteiger partial charge in [0.25, 0.3) is 0 Å². The van der Waals surface area contributed by atoms with E-state index in [1.54, 1.807) is 49.6 Å². The van der Waals surface area contributed by atoms with Gasteiger partial charge in [-0.25, -0.2) is 24.9 Å². The Labute approximate surface area is 804 Å². The van der Waals surface area contributed by atoms with Gasteiger partial charge in [-0.1, -0.05) is 255 Å². The van der Waals surface area contributed by atoms with Crippen LogP contribution in [0.5, 0.6) is 0 Å². The molecule has 0 spiro atoms. The number of fused-ring (bicyclic) bond motifs is 15. The third-order valence-electron chi connectivity index (χ3n) is 25.5. The maximum Gasteiger partial charge on any atom is 0.235 e. The van der Waals surface area contributed by atoms with Crippen molar-refractivity contribution in [2.24, 2.45) is 0 Å². The van der Waals surface area contributed by atoms with Gasteiger partial charge in [0.15, 0.2) is 5.82 Å². The van der Waals surface area contributed by atoms with Gasteiger partial charge in [-0.3, -0.25) is 43.6 Å². The van der Waals surface area contributed by atoms with Crippen molar-refractivity contribution in [3.63, 3.8) is 0 Å². The van der Waals surface area contributed by atoms with Gasteiger partial charge >= 0.3 is 0 Å². The summed E-state index contributed by atoms with van der Waals surface area (Å²) in [7, 11) is 0. The zero-order valence-corrected chi connectivity index (χ0v) is 76.3. The highest BCUT2D eigenvalue weighted by Crippen LogP contribution is 2.54. The highest BCUT2D eigenvalue weighted by molar-refractivity contribution is 7.25. The third-order valence-corrected chi connectivity index (χ3v) is 29.3. The Morgan fingerprint density at radius 2 is 0.457 bits per heavy atom. The van der Waals surface area contributed by atoms with Crippen LogP contribution in [0.1, 0.15) is 0 Å². The number of hydrogen-bond acceptors (Lipinski definition) is 14. The van der Waals surface area contributed by atoms with Crippen molar-refractivity contribution in [3.8, 4) is 150 Å². The molecule has 0 fully saturated rings. The average molecular weight is 1820 g/mol. The number of aromatic nitrogens is 14. The molecule has 14 nitrogen and oxygen atoms in total. The van der Waals surface area contributed by atoms with Crippen LogP contribution in [0, 0.1) is 0 Å². The van der Waals surface area contributed by atoms with E-state index in [1.165, 1.54) is 127 Å². The molecule has 0 saturated carbocycles. The van der Waals surface area contributed by atoms with Crippen LogP contribution < -0.4 is 0 Å². The lowest BCUT2D eigenvalue weighted by Crippen LogP contribution is -2.04. The van der Waals surface area contributed by atoms with Gasteiger partial charge in [-0.15, -0.1) is 34.0 Å². The molecular formula is C121H76N14S3. The minimum absolute atomic E-state index is 0.620. The second kappa shape index (κ2) is 35.6. The highest BCUT2D eigenvalue weighted by atomic mass is 32.1. The first kappa shape index (κ1) is 82.1. The topological polar surface area (TPSA) is 157 Å². The van der Waals surface area contributed by atoms with Crippen LogP contribution in [0.4, 0.5) is 0 Å². The summed E-state index contributed by atoms with van der Waals surface area (Å²) in [6.07, 6.45) is 21.7. The second-order valence-corrected chi connectivity index (χ2v) is 36.6. The molecule has 15 heterocycles. The molecule has 648 valence electrons. The number of thiophene rings is 3. The quantitative estimate of drug-likeness (QED) is 0.0962. The van der Waals surface area contributed by atoms with Crippen molar-refractivity contribution in [1.82, 2.24) is 68.5 Å². The summed E-state index contributed by atoms with van der Waals surface area (Å²) in [5.74, 6) is 2.94. The molecule has 17 heteroatoms. The average Bonchev–Trinajstić information content (AvgIpc) is 1.56. The maximum atomic E-state index is 5.29. The Bertz CT molecular complexity index is 8190. The van der Waals surface area contributed by atoms with Crippen LogP contribution in [-0.2, 0) is 0 Å². The molecule has 0 atom stereocenters. The first-order chi connectivity index (χ1) is 68.5. The van der Waals surface area contributed by atoms with E-state index in [1.807, 2.05) is 138 Å². The molecule has 0 N–H and O–H groups in total. The van der Waals surface area contributed by atoms with E-state index in [2.05, 4.69) is 353 Å². The van der Waals surface area contributed by atoms with Crippen molar-refractivity contribution >= 4 is 130 Å². The summed E-state index contributed by atoms with van der Waals surface area (Å²) >= 11 is 5.60. The van der Waals surface area contributed by atoms with Crippen molar-refractivity contribution in [2.75, 3.05) is 0 Å². The molecule has 0 radical (unpaired) electrons. The third kappa shape index (κ3) is 14.9. The summed E-state index contributed by atoms with van der Waals surface area (Å²) in [5, 5.41) is 11.0. The molecule has 12 aromatic carbocycles. The Balaban J connectivity index is 0.000000110. The number of hydrogen-bond donors (Lipinski definition) is 0. The van der Waals surface area contributed by atoms with Crippen molar-refractivity contribution in [1.29, 1.82) is 0 Å². The number of benzene rings is 12. The summed E-state index contributed by atoms with van der Waals surface area (Å²) in [6, 6.07) is 136. The van der Waals surface area contributed by atoms with Crippen molar-refractivity contribution in [2.45, 2.75) is 0 Å². The largest absolute Gasteiger partial charge is 0.294 e. The van der Waals surface area contributed by atoms with E-state index in [0.717, 1.165) is 106 Å². The molecular weight excluding hydrogens is 1750 g/mol. The van der Waals surface area contributed by atoms with Gasteiger partial charge in [0.2, 0.25) is 5.95 Å². The minimum Gasteiger partial charge on any atom is -0.294 e. The Morgan fingerprint density at radius 3 is 0.812 bits per heavy atom. The number of para-hydroxylation sites is 3. The molecule has 27 rings (SSSR count). The molecule has 0 bridgehead atoms.